The van der Waals surface area contributed by atoms with E-state index in [1.807, 2.05) is 73.0 Å². The quantitative estimate of drug-likeness (QED) is 0.371. The molecule has 0 unspecified atom stereocenters. The van der Waals surface area contributed by atoms with Crippen molar-refractivity contribution in [2.24, 2.45) is 0 Å². The zero-order chi connectivity index (χ0) is 26.0. The van der Waals surface area contributed by atoms with Crippen LogP contribution in [0.1, 0.15) is 28.7 Å². The number of sulfone groups is 1. The van der Waals surface area contributed by atoms with Gasteiger partial charge in [-0.1, -0.05) is 30.3 Å². The number of carbonyl (C=O) groups excluding carboxylic acids is 2. The van der Waals surface area contributed by atoms with Gasteiger partial charge in [0.2, 0.25) is 5.91 Å². The maximum atomic E-state index is 13.1. The number of para-hydroxylation sites is 1. The van der Waals surface area contributed by atoms with E-state index < -0.39 is 9.84 Å². The van der Waals surface area contributed by atoms with E-state index in [1.165, 1.54) is 19.1 Å². The summed E-state index contributed by atoms with van der Waals surface area (Å²) in [7, 11) is -3.31. The molecule has 184 valence electrons. The van der Waals surface area contributed by atoms with Crippen LogP contribution in [0.3, 0.4) is 0 Å². The van der Waals surface area contributed by atoms with Crippen LogP contribution in [0.2, 0.25) is 0 Å². The van der Waals surface area contributed by atoms with Gasteiger partial charge >= 0.3 is 0 Å². The van der Waals surface area contributed by atoms with Gasteiger partial charge in [0, 0.05) is 41.5 Å². The highest BCUT2D eigenvalue weighted by Gasteiger charge is 2.19. The lowest BCUT2D eigenvalue weighted by Crippen LogP contribution is -2.13. The number of aryl methyl sites for hydroxylation is 1. The molecule has 0 spiro atoms. The van der Waals surface area contributed by atoms with Crippen molar-refractivity contribution in [1.29, 1.82) is 0 Å². The van der Waals surface area contributed by atoms with Crippen LogP contribution in [0.4, 0.5) is 11.4 Å². The van der Waals surface area contributed by atoms with E-state index in [1.54, 1.807) is 12.1 Å². The second kappa shape index (κ2) is 9.83. The van der Waals surface area contributed by atoms with E-state index in [-0.39, 0.29) is 16.7 Å². The monoisotopic (exact) mass is 501 g/mol. The number of rotatable bonds is 6. The Bertz CT molecular complexity index is 1550. The van der Waals surface area contributed by atoms with Crippen molar-refractivity contribution >= 4 is 33.0 Å². The molecule has 1 heterocycles. The van der Waals surface area contributed by atoms with Gasteiger partial charge in [-0.15, -0.1) is 0 Å². The first-order valence-corrected chi connectivity index (χ1v) is 13.2. The molecule has 0 aliphatic carbocycles. The molecule has 0 aliphatic heterocycles. The second-order valence-electron chi connectivity index (χ2n) is 8.65. The summed E-state index contributed by atoms with van der Waals surface area (Å²) in [5.41, 5.74) is 6.32. The number of anilines is 2. The Kier molecular flexibility index (Phi) is 6.81. The van der Waals surface area contributed by atoms with Crippen LogP contribution in [0, 0.1) is 13.8 Å². The number of aromatic nitrogens is 1. The Balaban J connectivity index is 1.66. The van der Waals surface area contributed by atoms with Crippen molar-refractivity contribution in [2.45, 2.75) is 25.7 Å². The van der Waals surface area contributed by atoms with E-state index in [2.05, 4.69) is 10.6 Å². The highest BCUT2D eigenvalue weighted by Crippen LogP contribution is 2.31. The molecule has 0 saturated heterocycles. The molecule has 0 radical (unpaired) electrons. The highest BCUT2D eigenvalue weighted by atomic mass is 32.2. The summed E-state index contributed by atoms with van der Waals surface area (Å²) >= 11 is 0. The summed E-state index contributed by atoms with van der Waals surface area (Å²) in [6.07, 6.45) is 1.14. The number of benzene rings is 3. The van der Waals surface area contributed by atoms with Gasteiger partial charge in [-0.05, 0) is 67.9 Å². The summed E-state index contributed by atoms with van der Waals surface area (Å²) in [4.78, 5) is 24.6. The smallest absolute Gasteiger partial charge is 0.257 e. The molecule has 4 aromatic rings. The molecule has 1 aromatic heterocycles. The number of nitrogens with zero attached hydrogens (tertiary/aromatic N) is 1. The second-order valence-corrected chi connectivity index (χ2v) is 10.7. The number of carbonyl (C=O) groups is 2. The molecule has 0 fully saturated rings. The van der Waals surface area contributed by atoms with E-state index in [0.29, 0.717) is 11.3 Å². The van der Waals surface area contributed by atoms with Crippen LogP contribution in [-0.4, -0.2) is 31.1 Å². The van der Waals surface area contributed by atoms with E-state index in [0.717, 1.165) is 40.1 Å². The molecule has 3 aromatic carbocycles. The summed E-state index contributed by atoms with van der Waals surface area (Å²) < 4.78 is 25.4. The van der Waals surface area contributed by atoms with Crippen molar-refractivity contribution in [2.75, 3.05) is 16.9 Å². The molecular formula is C28H27N3O4S. The minimum absolute atomic E-state index is 0.126. The third kappa shape index (κ3) is 5.23. The Morgan fingerprint density at radius 2 is 1.39 bits per heavy atom. The third-order valence-corrected chi connectivity index (χ3v) is 7.01. The number of amides is 2. The largest absolute Gasteiger partial charge is 0.326 e. The van der Waals surface area contributed by atoms with Crippen LogP contribution in [0.15, 0.2) is 83.8 Å². The van der Waals surface area contributed by atoms with Gasteiger partial charge in [-0.25, -0.2) is 8.42 Å². The summed E-state index contributed by atoms with van der Waals surface area (Å²) in [5, 5.41) is 5.63. The first-order chi connectivity index (χ1) is 17.0. The maximum Gasteiger partial charge on any atom is 0.257 e. The van der Waals surface area contributed by atoms with Gasteiger partial charge in [0.05, 0.1) is 16.1 Å². The molecule has 0 saturated carbocycles. The fourth-order valence-electron chi connectivity index (χ4n) is 4.20. The van der Waals surface area contributed by atoms with Crippen molar-refractivity contribution in [3.8, 4) is 16.8 Å². The molecule has 2 N–H and O–H groups in total. The topological polar surface area (TPSA) is 97.3 Å². The van der Waals surface area contributed by atoms with Crippen molar-refractivity contribution < 1.29 is 18.0 Å². The molecule has 0 aliphatic rings. The van der Waals surface area contributed by atoms with Gasteiger partial charge in [0.1, 0.15) is 0 Å². The van der Waals surface area contributed by atoms with Crippen molar-refractivity contribution in [3.63, 3.8) is 0 Å². The van der Waals surface area contributed by atoms with Crippen LogP contribution in [0.25, 0.3) is 16.8 Å². The fourth-order valence-corrected chi connectivity index (χ4v) is 4.83. The first kappa shape index (κ1) is 24.9. The van der Waals surface area contributed by atoms with Gasteiger partial charge in [0.15, 0.2) is 9.84 Å². The summed E-state index contributed by atoms with van der Waals surface area (Å²) in [6, 6.07) is 23.5. The molecule has 0 bridgehead atoms. The lowest BCUT2D eigenvalue weighted by atomic mass is 10.0. The van der Waals surface area contributed by atoms with Gasteiger partial charge < -0.3 is 15.2 Å². The van der Waals surface area contributed by atoms with Gasteiger partial charge in [-0.3, -0.25) is 9.59 Å². The molecule has 4 rings (SSSR count). The number of hydrogen-bond donors (Lipinski definition) is 2. The fraction of sp³-hybridized carbons (Fsp3) is 0.143. The average molecular weight is 502 g/mol. The highest BCUT2D eigenvalue weighted by molar-refractivity contribution is 7.90. The zero-order valence-corrected chi connectivity index (χ0v) is 21.3. The number of nitrogens with one attached hydrogen (secondary N) is 2. The molecule has 2 amide bonds. The van der Waals surface area contributed by atoms with Crippen molar-refractivity contribution in [1.82, 2.24) is 4.57 Å². The molecule has 0 atom stereocenters. The Labute approximate surface area is 210 Å². The normalized spacial score (nSPS) is 11.2. The molecule has 36 heavy (non-hydrogen) atoms. The lowest BCUT2D eigenvalue weighted by Gasteiger charge is -2.16. The molecule has 8 heteroatoms. The zero-order valence-electron chi connectivity index (χ0n) is 20.5. The van der Waals surface area contributed by atoms with Crippen LogP contribution in [0.5, 0.6) is 0 Å². The summed E-state index contributed by atoms with van der Waals surface area (Å²) in [6.45, 7) is 5.31. The van der Waals surface area contributed by atoms with Crippen LogP contribution < -0.4 is 10.6 Å². The average Bonchev–Trinajstić information content (AvgIpc) is 3.13. The van der Waals surface area contributed by atoms with Crippen LogP contribution >= 0.6 is 0 Å². The maximum absolute atomic E-state index is 13.1. The van der Waals surface area contributed by atoms with Gasteiger partial charge in [0.25, 0.3) is 5.91 Å². The Hall–Kier alpha value is -4.17. The molecule has 7 nitrogen and oxygen atoms in total. The standard InChI is InChI=1S/C28H27N3O4S/c1-18-17-26(28(33)30-23-13-15-24(16-14-23)36(4,34)35)19(2)31(18)27-8-6-5-7-25(27)21-9-11-22(12-10-21)29-20(3)32/h5-17H,1-4H3,(H,29,32)(H,30,33). The van der Waals surface area contributed by atoms with E-state index >= 15 is 0 Å². The van der Waals surface area contributed by atoms with E-state index in [9.17, 15) is 18.0 Å². The minimum atomic E-state index is -3.31. The van der Waals surface area contributed by atoms with Gasteiger partial charge in [-0.2, -0.15) is 0 Å². The van der Waals surface area contributed by atoms with Crippen molar-refractivity contribution in [3.05, 3.63) is 95.8 Å². The lowest BCUT2D eigenvalue weighted by molar-refractivity contribution is -0.114. The third-order valence-electron chi connectivity index (χ3n) is 5.88. The Morgan fingerprint density at radius 3 is 2.00 bits per heavy atom. The summed E-state index contributed by atoms with van der Waals surface area (Å²) in [5.74, 6) is -0.405. The van der Waals surface area contributed by atoms with Crippen LogP contribution in [-0.2, 0) is 14.6 Å². The predicted octanol–water partition coefficient (Wildman–Crippen LogP) is 5.38. The SMILES string of the molecule is CC(=O)Nc1ccc(-c2ccccc2-n2c(C)cc(C(=O)Nc3ccc(S(C)(=O)=O)cc3)c2C)cc1. The minimum Gasteiger partial charge on any atom is -0.326 e. The number of hydrogen-bond acceptors (Lipinski definition) is 4. The molecular weight excluding hydrogens is 474 g/mol. The van der Waals surface area contributed by atoms with E-state index in [4.69, 9.17) is 0 Å². The predicted molar refractivity (Wildman–Crippen MR) is 142 cm³/mol. The first-order valence-electron chi connectivity index (χ1n) is 11.3. The Morgan fingerprint density at radius 1 is 0.806 bits per heavy atom.